The van der Waals surface area contributed by atoms with Crippen LogP contribution in [0.3, 0.4) is 0 Å². The molecular weight excluding hydrogens is 326 g/mol. The van der Waals surface area contributed by atoms with Crippen LogP contribution in [0.4, 0.5) is 0 Å². The van der Waals surface area contributed by atoms with E-state index in [-0.39, 0.29) is 0 Å². The molecule has 1 heterocycles. The van der Waals surface area contributed by atoms with Gasteiger partial charge in [-0.25, -0.2) is 0 Å². The molecule has 5 heteroatoms. The van der Waals surface area contributed by atoms with Gasteiger partial charge in [0.25, 0.3) is 0 Å². The summed E-state index contributed by atoms with van der Waals surface area (Å²) in [7, 11) is 1.86. The van der Waals surface area contributed by atoms with E-state index in [0.29, 0.717) is 12.2 Å². The highest BCUT2D eigenvalue weighted by Gasteiger charge is 2.22. The highest BCUT2D eigenvalue weighted by atomic mass is 16.5. The fourth-order valence-corrected chi connectivity index (χ4v) is 3.79. The van der Waals surface area contributed by atoms with Gasteiger partial charge < -0.3 is 19.7 Å². The van der Waals surface area contributed by atoms with Gasteiger partial charge in [-0.05, 0) is 31.4 Å². The van der Waals surface area contributed by atoms with Crippen molar-refractivity contribution in [1.29, 1.82) is 0 Å². The zero-order valence-electron chi connectivity index (χ0n) is 16.0. The average molecular weight is 360 g/mol. The van der Waals surface area contributed by atoms with E-state index in [2.05, 4.69) is 15.2 Å². The molecule has 2 fully saturated rings. The third kappa shape index (κ3) is 5.90. The minimum absolute atomic E-state index is 0.298. The van der Waals surface area contributed by atoms with Crippen molar-refractivity contribution in [2.75, 3.05) is 33.3 Å². The largest absolute Gasteiger partial charge is 0.490 e. The van der Waals surface area contributed by atoms with Gasteiger partial charge in [0.1, 0.15) is 11.9 Å². The van der Waals surface area contributed by atoms with Gasteiger partial charge in [0, 0.05) is 46.1 Å². The van der Waals surface area contributed by atoms with Gasteiger partial charge in [-0.15, -0.1) is 0 Å². The van der Waals surface area contributed by atoms with Crippen LogP contribution in [0.5, 0.6) is 5.75 Å². The first-order valence-corrected chi connectivity index (χ1v) is 10.1. The molecule has 1 aromatic carbocycles. The summed E-state index contributed by atoms with van der Waals surface area (Å²) in [6.45, 7) is 3.73. The number of ether oxygens (including phenoxy) is 2. The van der Waals surface area contributed by atoms with E-state index in [1.807, 2.05) is 37.4 Å². The molecular formula is C21H33N3O2. The summed E-state index contributed by atoms with van der Waals surface area (Å²) in [6, 6.07) is 10.1. The van der Waals surface area contributed by atoms with Crippen LogP contribution in [0.25, 0.3) is 0 Å². The second-order valence-corrected chi connectivity index (χ2v) is 7.22. The summed E-state index contributed by atoms with van der Waals surface area (Å²) < 4.78 is 12.0. The topological polar surface area (TPSA) is 46.1 Å². The number of guanidine groups is 1. The third-order valence-electron chi connectivity index (χ3n) is 5.26. The Morgan fingerprint density at radius 2 is 1.81 bits per heavy atom. The normalized spacial score (nSPS) is 19.7. The lowest BCUT2D eigenvalue weighted by atomic mass is 10.1. The quantitative estimate of drug-likeness (QED) is 0.460. The smallest absolute Gasteiger partial charge is 0.193 e. The summed E-state index contributed by atoms with van der Waals surface area (Å²) in [6.07, 6.45) is 9.05. The van der Waals surface area contributed by atoms with E-state index in [1.54, 1.807) is 0 Å². The van der Waals surface area contributed by atoms with Crippen LogP contribution in [0.2, 0.25) is 0 Å². The van der Waals surface area contributed by atoms with Crippen LogP contribution >= 0.6 is 0 Å². The van der Waals surface area contributed by atoms with Gasteiger partial charge in [-0.2, -0.15) is 0 Å². The van der Waals surface area contributed by atoms with Crippen LogP contribution in [-0.4, -0.2) is 56.4 Å². The number of hydrogen-bond acceptors (Lipinski definition) is 3. The van der Waals surface area contributed by atoms with E-state index >= 15 is 0 Å². The molecule has 0 bridgehead atoms. The highest BCUT2D eigenvalue weighted by molar-refractivity contribution is 5.79. The van der Waals surface area contributed by atoms with Gasteiger partial charge in [0.05, 0.1) is 6.10 Å². The molecule has 0 atom stereocenters. The number of para-hydroxylation sites is 1. The zero-order chi connectivity index (χ0) is 18.0. The van der Waals surface area contributed by atoms with E-state index in [9.17, 15) is 0 Å². The standard InChI is InChI=1S/C21H33N3O2/c1-22-21(23-14-7-17-25-18-8-5-6-9-18)24-15-12-20(13-16-24)26-19-10-3-2-4-11-19/h2-4,10-11,18,20H,5-9,12-17H2,1H3,(H,22,23). The summed E-state index contributed by atoms with van der Waals surface area (Å²) in [4.78, 5) is 6.78. The maximum atomic E-state index is 6.08. The number of piperidine rings is 1. The van der Waals surface area contributed by atoms with Crippen molar-refractivity contribution in [3.05, 3.63) is 30.3 Å². The maximum absolute atomic E-state index is 6.08. The third-order valence-corrected chi connectivity index (χ3v) is 5.26. The van der Waals surface area contributed by atoms with Crippen molar-refractivity contribution < 1.29 is 9.47 Å². The number of rotatable bonds is 7. The molecule has 3 rings (SSSR count). The predicted octanol–water partition coefficient (Wildman–Crippen LogP) is 3.45. The Labute approximate surface area is 157 Å². The summed E-state index contributed by atoms with van der Waals surface area (Å²) in [5.74, 6) is 1.97. The Balaban J connectivity index is 1.31. The van der Waals surface area contributed by atoms with E-state index in [0.717, 1.165) is 57.2 Å². The molecule has 0 unspecified atom stereocenters. The Kier molecular flexibility index (Phi) is 7.62. The van der Waals surface area contributed by atoms with Gasteiger partial charge in [0.2, 0.25) is 0 Å². The molecule has 144 valence electrons. The average Bonchev–Trinajstić information content (AvgIpc) is 3.20. The van der Waals surface area contributed by atoms with Crippen LogP contribution in [0.15, 0.2) is 35.3 Å². The molecule has 0 radical (unpaired) electrons. The summed E-state index contributed by atoms with van der Waals surface area (Å²) in [5.41, 5.74) is 0. The van der Waals surface area contributed by atoms with Crippen LogP contribution < -0.4 is 10.1 Å². The Morgan fingerprint density at radius 3 is 2.50 bits per heavy atom. The van der Waals surface area contributed by atoms with Gasteiger partial charge >= 0.3 is 0 Å². The first kappa shape index (κ1) is 19.0. The molecule has 1 aliphatic carbocycles. The van der Waals surface area contributed by atoms with Gasteiger partial charge in [-0.3, -0.25) is 4.99 Å². The summed E-state index contributed by atoms with van der Waals surface area (Å²) in [5, 5.41) is 3.48. The molecule has 1 saturated carbocycles. The molecule has 1 aliphatic heterocycles. The lowest BCUT2D eigenvalue weighted by Gasteiger charge is -2.34. The van der Waals surface area contributed by atoms with E-state index in [1.165, 1.54) is 25.7 Å². The molecule has 1 saturated heterocycles. The maximum Gasteiger partial charge on any atom is 0.193 e. The Morgan fingerprint density at radius 1 is 1.08 bits per heavy atom. The van der Waals surface area contributed by atoms with Crippen molar-refractivity contribution in [2.24, 2.45) is 4.99 Å². The van der Waals surface area contributed by atoms with E-state index < -0.39 is 0 Å². The lowest BCUT2D eigenvalue weighted by Crippen LogP contribution is -2.47. The number of hydrogen-bond donors (Lipinski definition) is 1. The molecule has 0 aromatic heterocycles. The van der Waals surface area contributed by atoms with Crippen LogP contribution in [-0.2, 0) is 4.74 Å². The van der Waals surface area contributed by atoms with Gasteiger partial charge in [-0.1, -0.05) is 31.0 Å². The van der Waals surface area contributed by atoms with E-state index in [4.69, 9.17) is 9.47 Å². The monoisotopic (exact) mass is 359 g/mol. The van der Waals surface area contributed by atoms with Crippen LogP contribution in [0.1, 0.15) is 44.9 Å². The second kappa shape index (κ2) is 10.4. The lowest BCUT2D eigenvalue weighted by molar-refractivity contribution is 0.0572. The molecule has 26 heavy (non-hydrogen) atoms. The van der Waals surface area contributed by atoms with Crippen molar-refractivity contribution in [1.82, 2.24) is 10.2 Å². The minimum atomic E-state index is 0.298. The number of nitrogens with zero attached hydrogens (tertiary/aromatic N) is 2. The van der Waals surface area contributed by atoms with Crippen molar-refractivity contribution in [2.45, 2.75) is 57.2 Å². The number of likely N-dealkylation sites (tertiary alicyclic amines) is 1. The first-order valence-electron chi connectivity index (χ1n) is 10.1. The fraction of sp³-hybridized carbons (Fsp3) is 0.667. The number of nitrogens with one attached hydrogen (secondary N) is 1. The molecule has 5 nitrogen and oxygen atoms in total. The number of aliphatic imine (C=N–C) groups is 1. The minimum Gasteiger partial charge on any atom is -0.490 e. The predicted molar refractivity (Wildman–Crippen MR) is 106 cm³/mol. The molecule has 0 amide bonds. The molecule has 2 aliphatic rings. The fourth-order valence-electron chi connectivity index (χ4n) is 3.79. The highest BCUT2D eigenvalue weighted by Crippen LogP contribution is 2.21. The SMILES string of the molecule is CN=C(NCCCOC1CCCC1)N1CCC(Oc2ccccc2)CC1. The molecule has 0 spiro atoms. The van der Waals surface area contributed by atoms with Gasteiger partial charge in [0.15, 0.2) is 5.96 Å². The molecule has 1 aromatic rings. The Hall–Kier alpha value is -1.75. The van der Waals surface area contributed by atoms with Crippen molar-refractivity contribution in [3.8, 4) is 5.75 Å². The van der Waals surface area contributed by atoms with Crippen molar-refractivity contribution in [3.63, 3.8) is 0 Å². The number of benzene rings is 1. The zero-order valence-corrected chi connectivity index (χ0v) is 16.0. The Bertz CT molecular complexity index is 535. The summed E-state index contributed by atoms with van der Waals surface area (Å²) >= 11 is 0. The second-order valence-electron chi connectivity index (χ2n) is 7.22. The first-order chi connectivity index (χ1) is 12.8. The van der Waals surface area contributed by atoms with Crippen molar-refractivity contribution >= 4 is 5.96 Å². The van der Waals surface area contributed by atoms with Crippen LogP contribution in [0, 0.1) is 0 Å². The molecule has 1 N–H and O–H groups in total.